The molecule has 49 heavy (non-hydrogen) atoms. The zero-order chi connectivity index (χ0) is 34.3. The highest BCUT2D eigenvalue weighted by Gasteiger charge is 2.38. The number of unbranched alkanes of at least 4 members (excludes halogenated alkanes) is 4. The van der Waals surface area contributed by atoms with Crippen LogP contribution in [-0.4, -0.2) is 55.1 Å². The maximum Gasteiger partial charge on any atom is 0.258 e. The number of hydrogen-bond acceptors (Lipinski definition) is 4. The van der Waals surface area contributed by atoms with Gasteiger partial charge in [0.15, 0.2) is 11.5 Å². The van der Waals surface area contributed by atoms with Gasteiger partial charge < -0.3 is 23.8 Å². The zero-order valence-corrected chi connectivity index (χ0v) is 29.4. The van der Waals surface area contributed by atoms with Crippen LogP contribution in [-0.2, 0) is 4.79 Å². The van der Waals surface area contributed by atoms with E-state index in [1.165, 1.54) is 34.6 Å². The lowest BCUT2D eigenvalue weighted by Gasteiger charge is -2.42. The summed E-state index contributed by atoms with van der Waals surface area (Å²) in [6.07, 6.45) is 8.30. The summed E-state index contributed by atoms with van der Waals surface area (Å²) < 4.78 is 13.5. The Balaban J connectivity index is 1.34. The number of ether oxygens (including phenoxy) is 2. The third-order valence-corrected chi connectivity index (χ3v) is 10.1. The van der Waals surface area contributed by atoms with Gasteiger partial charge >= 0.3 is 0 Å². The van der Waals surface area contributed by atoms with Crippen molar-refractivity contribution in [2.45, 2.75) is 76.8 Å². The fraction of sp³-hybridized carbons (Fsp3) is 0.381. The van der Waals surface area contributed by atoms with Crippen LogP contribution in [0, 0.1) is 0 Å². The quantitative estimate of drug-likeness (QED) is 0.111. The number of benzene rings is 4. The van der Waals surface area contributed by atoms with Crippen LogP contribution < -0.4 is 14.4 Å². The lowest BCUT2D eigenvalue weighted by atomic mass is 9.87. The molecular formula is C42H49N3O4. The van der Waals surface area contributed by atoms with E-state index in [1.807, 2.05) is 29.0 Å². The first kappa shape index (κ1) is 34.1. The molecule has 0 fully saturated rings. The first-order chi connectivity index (χ1) is 24.0. The van der Waals surface area contributed by atoms with Crippen molar-refractivity contribution in [3.05, 3.63) is 102 Å². The molecule has 2 atom stereocenters. The molecule has 2 heterocycles. The van der Waals surface area contributed by atoms with Crippen molar-refractivity contribution in [3.8, 4) is 11.5 Å². The summed E-state index contributed by atoms with van der Waals surface area (Å²) in [5.74, 6) is 1.24. The summed E-state index contributed by atoms with van der Waals surface area (Å²) >= 11 is 0. The van der Waals surface area contributed by atoms with Crippen molar-refractivity contribution in [1.29, 1.82) is 0 Å². The molecule has 6 rings (SSSR count). The molecule has 256 valence electrons. The number of rotatable bonds is 14. The second-order valence-electron chi connectivity index (χ2n) is 13.2. The van der Waals surface area contributed by atoms with E-state index in [-0.39, 0.29) is 23.9 Å². The Morgan fingerprint density at radius 1 is 0.776 bits per heavy atom. The highest BCUT2D eigenvalue weighted by Crippen LogP contribution is 2.45. The summed E-state index contributed by atoms with van der Waals surface area (Å²) in [4.78, 5) is 31.5. The van der Waals surface area contributed by atoms with Crippen molar-refractivity contribution in [1.82, 2.24) is 9.47 Å². The molecule has 5 aromatic rings. The third kappa shape index (κ3) is 7.03. The minimum Gasteiger partial charge on any atom is -0.493 e. The van der Waals surface area contributed by atoms with Crippen LogP contribution in [0.1, 0.15) is 86.7 Å². The SMILES string of the molecule is CCCCCCN(C)C(=O)CCCCC1CC(n2c3ccccc3c3ccccc32)c2ccccc2N1C(=O)c1ccc(OC)c(OC)c1. The van der Waals surface area contributed by atoms with Gasteiger partial charge in [0.2, 0.25) is 5.91 Å². The van der Waals surface area contributed by atoms with Gasteiger partial charge in [0.05, 0.1) is 20.3 Å². The van der Waals surface area contributed by atoms with Gasteiger partial charge in [-0.3, -0.25) is 9.59 Å². The summed E-state index contributed by atoms with van der Waals surface area (Å²) in [6.45, 7) is 3.01. The molecule has 2 unspecified atom stereocenters. The van der Waals surface area contributed by atoms with Crippen molar-refractivity contribution >= 4 is 39.3 Å². The number of carbonyl (C=O) groups excluding carboxylic acids is 2. The van der Waals surface area contributed by atoms with E-state index >= 15 is 0 Å². The van der Waals surface area contributed by atoms with Gasteiger partial charge in [-0.2, -0.15) is 0 Å². The second kappa shape index (κ2) is 15.6. The molecule has 0 bridgehead atoms. The smallest absolute Gasteiger partial charge is 0.258 e. The van der Waals surface area contributed by atoms with Crippen LogP contribution in [0.4, 0.5) is 5.69 Å². The normalized spacial score (nSPS) is 15.7. The summed E-state index contributed by atoms with van der Waals surface area (Å²) in [5, 5.41) is 2.46. The van der Waals surface area contributed by atoms with Crippen LogP contribution in [0.5, 0.6) is 11.5 Å². The van der Waals surface area contributed by atoms with Crippen LogP contribution in [0.25, 0.3) is 21.8 Å². The van der Waals surface area contributed by atoms with Gasteiger partial charge in [-0.05, 0) is 67.6 Å². The molecule has 1 aromatic heterocycles. The Labute approximate surface area is 290 Å². The van der Waals surface area contributed by atoms with Gasteiger partial charge in [0, 0.05) is 59.1 Å². The Kier molecular flexibility index (Phi) is 10.9. The minimum absolute atomic E-state index is 0.0244. The third-order valence-electron chi connectivity index (χ3n) is 10.1. The molecular weight excluding hydrogens is 610 g/mol. The molecule has 7 nitrogen and oxygen atoms in total. The van der Waals surface area contributed by atoms with Crippen LogP contribution in [0.2, 0.25) is 0 Å². The number of nitrogens with zero attached hydrogens (tertiary/aromatic N) is 3. The Morgan fingerprint density at radius 2 is 1.45 bits per heavy atom. The first-order valence-corrected chi connectivity index (χ1v) is 17.8. The number of para-hydroxylation sites is 3. The van der Waals surface area contributed by atoms with E-state index in [2.05, 4.69) is 78.2 Å². The Hall–Kier alpha value is -4.78. The van der Waals surface area contributed by atoms with E-state index in [9.17, 15) is 9.59 Å². The number of aromatic nitrogens is 1. The van der Waals surface area contributed by atoms with Crippen molar-refractivity contribution in [2.75, 3.05) is 32.7 Å². The van der Waals surface area contributed by atoms with E-state index in [0.717, 1.165) is 56.3 Å². The van der Waals surface area contributed by atoms with Crippen molar-refractivity contribution in [3.63, 3.8) is 0 Å². The monoisotopic (exact) mass is 659 g/mol. The average Bonchev–Trinajstić information content (AvgIpc) is 3.48. The topological polar surface area (TPSA) is 64.0 Å². The molecule has 2 amide bonds. The lowest BCUT2D eigenvalue weighted by Crippen LogP contribution is -2.46. The molecule has 0 saturated carbocycles. The number of anilines is 1. The largest absolute Gasteiger partial charge is 0.493 e. The highest BCUT2D eigenvalue weighted by molar-refractivity contribution is 6.09. The number of hydrogen-bond donors (Lipinski definition) is 0. The van der Waals surface area contributed by atoms with E-state index in [0.29, 0.717) is 23.5 Å². The van der Waals surface area contributed by atoms with Gasteiger partial charge in [-0.1, -0.05) is 87.2 Å². The van der Waals surface area contributed by atoms with Crippen LogP contribution in [0.15, 0.2) is 91.0 Å². The second-order valence-corrected chi connectivity index (χ2v) is 13.2. The molecule has 1 aliphatic heterocycles. The number of amides is 2. The van der Waals surface area contributed by atoms with Crippen molar-refractivity contribution < 1.29 is 19.1 Å². The van der Waals surface area contributed by atoms with Crippen LogP contribution >= 0.6 is 0 Å². The first-order valence-electron chi connectivity index (χ1n) is 17.8. The molecule has 0 spiro atoms. The predicted octanol–water partition coefficient (Wildman–Crippen LogP) is 9.42. The van der Waals surface area contributed by atoms with Gasteiger partial charge in [-0.25, -0.2) is 0 Å². The lowest BCUT2D eigenvalue weighted by molar-refractivity contribution is -0.130. The minimum atomic E-state index is -0.0812. The molecule has 1 aliphatic rings. The Morgan fingerprint density at radius 3 is 2.14 bits per heavy atom. The summed E-state index contributed by atoms with van der Waals surface area (Å²) in [6, 6.07) is 30.9. The number of fused-ring (bicyclic) bond motifs is 4. The average molecular weight is 660 g/mol. The molecule has 0 aliphatic carbocycles. The van der Waals surface area contributed by atoms with E-state index in [1.54, 1.807) is 26.4 Å². The van der Waals surface area contributed by atoms with Gasteiger partial charge in [0.1, 0.15) is 0 Å². The fourth-order valence-electron chi connectivity index (χ4n) is 7.59. The van der Waals surface area contributed by atoms with E-state index < -0.39 is 0 Å². The highest BCUT2D eigenvalue weighted by atomic mass is 16.5. The fourth-order valence-corrected chi connectivity index (χ4v) is 7.59. The molecule has 0 saturated heterocycles. The molecule has 0 radical (unpaired) electrons. The maximum atomic E-state index is 14.6. The predicted molar refractivity (Wildman–Crippen MR) is 199 cm³/mol. The van der Waals surface area contributed by atoms with Crippen molar-refractivity contribution in [2.24, 2.45) is 0 Å². The van der Waals surface area contributed by atoms with Crippen LogP contribution in [0.3, 0.4) is 0 Å². The number of carbonyl (C=O) groups is 2. The Bertz CT molecular complexity index is 1860. The van der Waals surface area contributed by atoms with Gasteiger partial charge in [-0.15, -0.1) is 0 Å². The molecule has 4 aromatic carbocycles. The maximum absolute atomic E-state index is 14.6. The van der Waals surface area contributed by atoms with Gasteiger partial charge in [0.25, 0.3) is 5.91 Å². The summed E-state index contributed by atoms with van der Waals surface area (Å²) in [5.41, 5.74) is 4.98. The van der Waals surface area contributed by atoms with E-state index in [4.69, 9.17) is 9.47 Å². The standard InChI is InChI=1S/C42H49N3O4/c1-5-6-7-16-27-43(2)41(46)24-15-8-17-31-29-38(45-35-21-12-9-18-32(35)33-19-10-13-22-36(33)45)34-20-11-14-23-37(34)44(31)42(47)30-25-26-39(48-3)40(28-30)49-4/h9-14,18-23,25-26,28,31,38H,5-8,15-17,24,27,29H2,1-4H3. The molecule has 0 N–H and O–H groups in total. The molecule has 7 heteroatoms. The zero-order valence-electron chi connectivity index (χ0n) is 29.4. The number of methoxy groups -OCH3 is 2. The summed E-state index contributed by atoms with van der Waals surface area (Å²) in [7, 11) is 5.11.